The van der Waals surface area contributed by atoms with Crippen LogP contribution in [0, 0.1) is 0 Å². The van der Waals surface area contributed by atoms with Crippen LogP contribution in [0.3, 0.4) is 0 Å². The summed E-state index contributed by atoms with van der Waals surface area (Å²) in [5, 5.41) is 0. The van der Waals surface area contributed by atoms with Gasteiger partial charge in [-0.2, -0.15) is 0 Å². The van der Waals surface area contributed by atoms with Crippen molar-refractivity contribution in [1.82, 2.24) is 9.97 Å². The maximum atomic E-state index is 13.5. The van der Waals surface area contributed by atoms with Gasteiger partial charge in [0.15, 0.2) is 0 Å². The predicted octanol–water partition coefficient (Wildman–Crippen LogP) is 4.96. The minimum absolute atomic E-state index is 0.0321. The highest BCUT2D eigenvalue weighted by atomic mass is 79.9. The Labute approximate surface area is 176 Å². The molecule has 150 valence electrons. The second kappa shape index (κ2) is 8.04. The maximum absolute atomic E-state index is 13.5. The normalized spacial score (nSPS) is 20.4. The van der Waals surface area contributed by atoms with Crippen molar-refractivity contribution in [3.8, 4) is 0 Å². The maximum Gasteiger partial charge on any atom is 0.241 e. The van der Waals surface area contributed by atoms with Gasteiger partial charge in [0.05, 0.1) is 5.41 Å². The van der Waals surface area contributed by atoms with E-state index >= 15 is 0 Å². The number of carbonyl (C=O) groups excluding carboxylic acids is 1. The van der Waals surface area contributed by atoms with Crippen LogP contribution in [0.15, 0.2) is 41.3 Å². The Morgan fingerprint density at radius 2 is 2.00 bits per heavy atom. The fourth-order valence-electron chi connectivity index (χ4n) is 3.56. The lowest BCUT2D eigenvalue weighted by molar-refractivity contribution is -0.124. The van der Waals surface area contributed by atoms with Gasteiger partial charge in [0.25, 0.3) is 0 Å². The van der Waals surface area contributed by atoms with E-state index in [1.165, 1.54) is 0 Å². The average Bonchev–Trinajstić information content (AvgIpc) is 2.87. The summed E-state index contributed by atoms with van der Waals surface area (Å²) in [6.45, 7) is 12.0. The number of anilines is 1. The molecule has 0 saturated heterocycles. The van der Waals surface area contributed by atoms with Crippen molar-refractivity contribution in [1.29, 1.82) is 0 Å². The molecule has 7 heteroatoms. The first-order valence-corrected chi connectivity index (χ1v) is 14.1. The van der Waals surface area contributed by atoms with Crippen LogP contribution in [0.25, 0.3) is 0 Å². The van der Waals surface area contributed by atoms with Crippen LogP contribution in [0.4, 0.5) is 5.82 Å². The molecule has 0 aromatic carbocycles. The van der Waals surface area contributed by atoms with Crippen molar-refractivity contribution < 1.29 is 9.53 Å². The molecule has 5 nitrogen and oxygen atoms in total. The number of rotatable bonds is 7. The van der Waals surface area contributed by atoms with Gasteiger partial charge in [-0.25, -0.2) is 9.97 Å². The largest absolute Gasteiger partial charge is 0.361 e. The number of halogens is 1. The summed E-state index contributed by atoms with van der Waals surface area (Å²) in [5.41, 5.74) is 1.26. The summed E-state index contributed by atoms with van der Waals surface area (Å²) in [6.07, 6.45) is 3.56. The standard InChI is InChI=1S/C21H28BrN3O2Si/c1-15(16-8-9-18(22)24-13-16)21(2)17-7-6-10-23-19(17)25(20(21)26)14-27-11-12-28(3,4)5/h6-10,13,15H,11-12,14H2,1-5H3/t15-,21-/m1/s1. The van der Waals surface area contributed by atoms with Gasteiger partial charge >= 0.3 is 0 Å². The molecule has 2 aromatic rings. The number of amides is 1. The summed E-state index contributed by atoms with van der Waals surface area (Å²) in [4.78, 5) is 24.1. The molecule has 1 aliphatic rings. The first-order valence-electron chi connectivity index (χ1n) is 9.61. The van der Waals surface area contributed by atoms with E-state index in [0.29, 0.717) is 12.4 Å². The van der Waals surface area contributed by atoms with E-state index in [4.69, 9.17) is 4.74 Å². The molecule has 0 saturated carbocycles. The Bertz CT molecular complexity index is 853. The van der Waals surface area contributed by atoms with Crippen LogP contribution < -0.4 is 4.90 Å². The van der Waals surface area contributed by atoms with Crippen LogP contribution in [-0.2, 0) is 14.9 Å². The highest BCUT2D eigenvalue weighted by Gasteiger charge is 2.52. The predicted molar refractivity (Wildman–Crippen MR) is 118 cm³/mol. The third kappa shape index (κ3) is 4.07. The number of nitrogens with zero attached hydrogens (tertiary/aromatic N) is 3. The van der Waals surface area contributed by atoms with Crippen molar-refractivity contribution in [2.45, 2.75) is 50.9 Å². The van der Waals surface area contributed by atoms with Crippen LogP contribution in [-0.4, -0.2) is 37.3 Å². The van der Waals surface area contributed by atoms with Gasteiger partial charge in [-0.1, -0.05) is 38.7 Å². The fraction of sp³-hybridized carbons (Fsp3) is 0.476. The van der Waals surface area contributed by atoms with Crippen molar-refractivity contribution >= 4 is 35.7 Å². The Morgan fingerprint density at radius 1 is 1.25 bits per heavy atom. The first-order chi connectivity index (χ1) is 13.1. The molecule has 1 aliphatic heterocycles. The van der Waals surface area contributed by atoms with E-state index in [1.807, 2.05) is 37.4 Å². The van der Waals surface area contributed by atoms with E-state index < -0.39 is 13.5 Å². The third-order valence-electron chi connectivity index (χ3n) is 5.62. The topological polar surface area (TPSA) is 55.3 Å². The minimum atomic E-state index is -1.17. The second-order valence-corrected chi connectivity index (χ2v) is 15.2. The van der Waals surface area contributed by atoms with E-state index in [2.05, 4.69) is 52.5 Å². The van der Waals surface area contributed by atoms with Crippen LogP contribution >= 0.6 is 15.9 Å². The van der Waals surface area contributed by atoms with Crippen molar-refractivity contribution in [3.05, 3.63) is 52.4 Å². The monoisotopic (exact) mass is 461 g/mol. The summed E-state index contributed by atoms with van der Waals surface area (Å²) >= 11 is 3.38. The quantitative estimate of drug-likeness (QED) is 0.332. The van der Waals surface area contributed by atoms with Crippen LogP contribution in [0.2, 0.25) is 25.7 Å². The molecule has 0 unspecified atom stereocenters. The molecule has 28 heavy (non-hydrogen) atoms. The lowest BCUT2D eigenvalue weighted by atomic mass is 9.71. The lowest BCUT2D eigenvalue weighted by Gasteiger charge is -2.31. The molecule has 3 heterocycles. The van der Waals surface area contributed by atoms with Crippen molar-refractivity contribution in [2.24, 2.45) is 0 Å². The number of fused-ring (bicyclic) bond motifs is 1. The van der Waals surface area contributed by atoms with Gasteiger partial charge in [-0.15, -0.1) is 0 Å². The first kappa shape index (κ1) is 21.1. The molecule has 0 spiro atoms. The third-order valence-corrected chi connectivity index (χ3v) is 7.80. The Kier molecular flexibility index (Phi) is 6.07. The highest BCUT2D eigenvalue weighted by Crippen LogP contribution is 2.48. The highest BCUT2D eigenvalue weighted by molar-refractivity contribution is 9.10. The molecule has 2 atom stereocenters. The fourth-order valence-corrected chi connectivity index (χ4v) is 4.55. The molecule has 0 N–H and O–H groups in total. The summed E-state index contributed by atoms with van der Waals surface area (Å²) < 4.78 is 6.68. The SMILES string of the molecule is C[C@H](c1ccc(Br)nc1)[C@@]1(C)C(=O)N(COCC[Si](C)(C)C)c2ncccc21. The number of aromatic nitrogens is 2. The number of pyridine rings is 2. The van der Waals surface area contributed by atoms with Gasteiger partial charge < -0.3 is 4.74 Å². The Hall–Kier alpha value is -1.57. The minimum Gasteiger partial charge on any atom is -0.361 e. The molecule has 1 amide bonds. The average molecular weight is 462 g/mol. The number of hydrogen-bond donors (Lipinski definition) is 0. The van der Waals surface area contributed by atoms with Crippen molar-refractivity contribution in [2.75, 3.05) is 18.2 Å². The van der Waals surface area contributed by atoms with E-state index in [-0.39, 0.29) is 18.6 Å². The molecular weight excluding hydrogens is 434 g/mol. The molecular formula is C21H28BrN3O2Si. The molecule has 0 aliphatic carbocycles. The van der Waals surface area contributed by atoms with Crippen molar-refractivity contribution in [3.63, 3.8) is 0 Å². The van der Waals surface area contributed by atoms with Crippen LogP contribution in [0.5, 0.6) is 0 Å². The van der Waals surface area contributed by atoms with Crippen LogP contribution in [0.1, 0.15) is 30.9 Å². The summed E-state index contributed by atoms with van der Waals surface area (Å²) in [7, 11) is -1.17. The zero-order chi connectivity index (χ0) is 20.5. The molecule has 0 bridgehead atoms. The van der Waals surface area contributed by atoms with Gasteiger partial charge in [0.1, 0.15) is 17.2 Å². The van der Waals surface area contributed by atoms with Gasteiger partial charge in [0.2, 0.25) is 5.91 Å². The molecule has 3 rings (SSSR count). The Morgan fingerprint density at radius 3 is 2.64 bits per heavy atom. The lowest BCUT2D eigenvalue weighted by Crippen LogP contribution is -2.42. The second-order valence-electron chi connectivity index (χ2n) is 8.79. The molecule has 0 radical (unpaired) electrons. The molecule has 0 fully saturated rings. The van der Waals surface area contributed by atoms with E-state index in [0.717, 1.165) is 21.8 Å². The van der Waals surface area contributed by atoms with E-state index in [1.54, 1.807) is 11.1 Å². The number of ether oxygens (including phenoxy) is 1. The van der Waals surface area contributed by atoms with E-state index in [9.17, 15) is 4.79 Å². The molecule has 2 aromatic heterocycles. The number of carbonyl (C=O) groups is 1. The Balaban J connectivity index is 1.86. The summed E-state index contributed by atoms with van der Waals surface area (Å²) in [6, 6.07) is 8.90. The zero-order valence-corrected chi connectivity index (χ0v) is 19.8. The van der Waals surface area contributed by atoms with Gasteiger partial charge in [0, 0.05) is 38.6 Å². The smallest absolute Gasteiger partial charge is 0.241 e. The van der Waals surface area contributed by atoms with Gasteiger partial charge in [-0.3, -0.25) is 9.69 Å². The zero-order valence-electron chi connectivity index (χ0n) is 17.2. The van der Waals surface area contributed by atoms with Gasteiger partial charge in [-0.05, 0) is 46.6 Å². The summed E-state index contributed by atoms with van der Waals surface area (Å²) in [5.74, 6) is 0.695. The number of hydrogen-bond acceptors (Lipinski definition) is 4.